The molecule has 0 aliphatic carbocycles. The zero-order valence-electron chi connectivity index (χ0n) is 15.0. The Morgan fingerprint density at radius 3 is 2.62 bits per heavy atom. The van der Waals surface area contributed by atoms with E-state index in [4.69, 9.17) is 5.73 Å². The minimum absolute atomic E-state index is 0.571. The fourth-order valence-corrected chi connectivity index (χ4v) is 2.66. The molecule has 134 valence electrons. The first-order chi connectivity index (χ1) is 11.6. The van der Waals surface area contributed by atoms with Gasteiger partial charge in [0.25, 0.3) is 0 Å². The van der Waals surface area contributed by atoms with Crippen LogP contribution < -0.4 is 16.0 Å². The number of nitrogens with zero attached hydrogens (tertiary/aromatic N) is 5. The van der Waals surface area contributed by atoms with Crippen LogP contribution in [-0.2, 0) is 0 Å². The molecule has 7 heteroatoms. The van der Waals surface area contributed by atoms with Crippen molar-refractivity contribution in [1.82, 2.24) is 20.2 Å². The van der Waals surface area contributed by atoms with Crippen molar-refractivity contribution >= 4 is 11.9 Å². The van der Waals surface area contributed by atoms with E-state index in [1.165, 1.54) is 0 Å². The lowest BCUT2D eigenvalue weighted by Crippen LogP contribution is -2.47. The fraction of sp³-hybridized carbons (Fsp3) is 0.706. The van der Waals surface area contributed by atoms with Gasteiger partial charge in [-0.1, -0.05) is 13.8 Å². The number of guanidine groups is 1. The maximum absolute atomic E-state index is 5.87. The molecule has 3 N–H and O–H groups in total. The molecular weight excluding hydrogens is 302 g/mol. The summed E-state index contributed by atoms with van der Waals surface area (Å²) in [6.45, 7) is 11.2. The normalized spacial score (nSPS) is 16.6. The van der Waals surface area contributed by atoms with Crippen LogP contribution in [0, 0.1) is 5.92 Å². The summed E-state index contributed by atoms with van der Waals surface area (Å²) < 4.78 is 0. The molecule has 1 aliphatic heterocycles. The molecule has 0 aromatic carbocycles. The van der Waals surface area contributed by atoms with E-state index in [1.54, 1.807) is 12.4 Å². The van der Waals surface area contributed by atoms with Gasteiger partial charge in [0.05, 0.1) is 0 Å². The summed E-state index contributed by atoms with van der Waals surface area (Å²) in [7, 11) is 0. The average Bonchev–Trinajstić information content (AvgIpc) is 2.60. The molecule has 1 aromatic heterocycles. The third-order valence-corrected chi connectivity index (χ3v) is 4.15. The maximum atomic E-state index is 5.87. The van der Waals surface area contributed by atoms with Crippen molar-refractivity contribution in [3.8, 4) is 0 Å². The molecule has 1 aromatic rings. The Morgan fingerprint density at radius 2 is 1.96 bits per heavy atom. The summed E-state index contributed by atoms with van der Waals surface area (Å²) in [5, 5.41) is 3.17. The summed E-state index contributed by atoms with van der Waals surface area (Å²) in [6, 6.07) is 1.85. The minimum Gasteiger partial charge on any atom is -0.370 e. The molecule has 0 atom stereocenters. The Morgan fingerprint density at radius 1 is 1.25 bits per heavy atom. The second-order valence-corrected chi connectivity index (χ2v) is 6.61. The predicted molar refractivity (Wildman–Crippen MR) is 99.2 cm³/mol. The topological polar surface area (TPSA) is 82.7 Å². The second kappa shape index (κ2) is 10.1. The monoisotopic (exact) mass is 333 g/mol. The highest BCUT2D eigenvalue weighted by Crippen LogP contribution is 2.09. The Kier molecular flexibility index (Phi) is 7.74. The van der Waals surface area contributed by atoms with E-state index in [0.717, 1.165) is 64.6 Å². The molecule has 0 radical (unpaired) electrons. The van der Waals surface area contributed by atoms with Crippen LogP contribution in [0.15, 0.2) is 23.5 Å². The van der Waals surface area contributed by atoms with Gasteiger partial charge in [-0.05, 0) is 24.8 Å². The first-order valence-electron chi connectivity index (χ1n) is 8.93. The van der Waals surface area contributed by atoms with Gasteiger partial charge < -0.3 is 16.0 Å². The van der Waals surface area contributed by atoms with Gasteiger partial charge in [-0.15, -0.1) is 0 Å². The van der Waals surface area contributed by atoms with Crippen molar-refractivity contribution in [2.75, 3.05) is 50.7 Å². The van der Waals surface area contributed by atoms with Crippen LogP contribution in [0.4, 0.5) is 5.95 Å². The molecular formula is C17H31N7. The number of hydrogen-bond donors (Lipinski definition) is 2. The first-order valence-corrected chi connectivity index (χ1v) is 8.93. The minimum atomic E-state index is 0.571. The summed E-state index contributed by atoms with van der Waals surface area (Å²) in [5.41, 5.74) is 5.87. The number of nitrogens with one attached hydrogen (secondary N) is 1. The Bertz CT molecular complexity index is 481. The first kappa shape index (κ1) is 18.4. The number of aromatic nitrogens is 2. The van der Waals surface area contributed by atoms with Crippen molar-refractivity contribution in [3.05, 3.63) is 18.5 Å². The quantitative estimate of drug-likeness (QED) is 0.418. The van der Waals surface area contributed by atoms with Crippen LogP contribution in [0.3, 0.4) is 0 Å². The van der Waals surface area contributed by atoms with Gasteiger partial charge in [0, 0.05) is 58.2 Å². The summed E-state index contributed by atoms with van der Waals surface area (Å²) in [6.07, 6.45) is 5.75. The van der Waals surface area contributed by atoms with E-state index in [1.807, 2.05) is 6.07 Å². The van der Waals surface area contributed by atoms with Crippen molar-refractivity contribution in [2.45, 2.75) is 26.7 Å². The van der Waals surface area contributed by atoms with Crippen molar-refractivity contribution < 1.29 is 0 Å². The summed E-state index contributed by atoms with van der Waals surface area (Å²) >= 11 is 0. The number of anilines is 1. The molecule has 0 amide bonds. The van der Waals surface area contributed by atoms with E-state index < -0.39 is 0 Å². The molecule has 0 spiro atoms. The maximum Gasteiger partial charge on any atom is 0.225 e. The van der Waals surface area contributed by atoms with E-state index in [0.29, 0.717) is 11.9 Å². The highest BCUT2D eigenvalue weighted by Gasteiger charge is 2.17. The molecule has 24 heavy (non-hydrogen) atoms. The number of piperazine rings is 1. The van der Waals surface area contributed by atoms with Crippen molar-refractivity contribution in [2.24, 2.45) is 16.6 Å². The fourth-order valence-electron chi connectivity index (χ4n) is 2.66. The van der Waals surface area contributed by atoms with Crippen LogP contribution >= 0.6 is 0 Å². The standard InChI is InChI=1S/C17H31N7/c1-15(2)5-9-20-16(18)19-8-4-10-23-11-13-24(14-12-23)17-21-6-3-7-22-17/h3,6-7,15H,4-5,8-14H2,1-2H3,(H3,18,19,20). The van der Waals surface area contributed by atoms with Gasteiger partial charge >= 0.3 is 0 Å². The zero-order valence-corrected chi connectivity index (χ0v) is 15.0. The SMILES string of the molecule is CC(C)CCNC(N)=NCCCN1CCN(c2ncccn2)CC1. The van der Waals surface area contributed by atoms with Crippen molar-refractivity contribution in [3.63, 3.8) is 0 Å². The van der Waals surface area contributed by atoms with Gasteiger partial charge in [0.15, 0.2) is 5.96 Å². The second-order valence-electron chi connectivity index (χ2n) is 6.61. The van der Waals surface area contributed by atoms with Crippen LogP contribution in [0.1, 0.15) is 26.7 Å². The van der Waals surface area contributed by atoms with Crippen molar-refractivity contribution in [1.29, 1.82) is 0 Å². The van der Waals surface area contributed by atoms with Gasteiger partial charge in [0.2, 0.25) is 5.95 Å². The predicted octanol–water partition coefficient (Wildman–Crippen LogP) is 0.939. The van der Waals surface area contributed by atoms with Crippen LogP contribution in [0.25, 0.3) is 0 Å². The molecule has 0 saturated carbocycles. The van der Waals surface area contributed by atoms with Gasteiger partial charge in [-0.3, -0.25) is 9.89 Å². The largest absolute Gasteiger partial charge is 0.370 e. The lowest BCUT2D eigenvalue weighted by molar-refractivity contribution is 0.255. The van der Waals surface area contributed by atoms with Gasteiger partial charge in [-0.25, -0.2) is 9.97 Å². The average molecular weight is 333 g/mol. The van der Waals surface area contributed by atoms with Gasteiger partial charge in [-0.2, -0.15) is 0 Å². The number of aliphatic imine (C=N–C) groups is 1. The van der Waals surface area contributed by atoms with E-state index in [-0.39, 0.29) is 0 Å². The Labute approximate surface area is 145 Å². The number of hydrogen-bond acceptors (Lipinski definition) is 5. The highest BCUT2D eigenvalue weighted by atomic mass is 15.3. The highest BCUT2D eigenvalue weighted by molar-refractivity contribution is 5.77. The van der Waals surface area contributed by atoms with Crippen LogP contribution in [0.5, 0.6) is 0 Å². The smallest absolute Gasteiger partial charge is 0.225 e. The third-order valence-electron chi connectivity index (χ3n) is 4.15. The molecule has 1 saturated heterocycles. The number of rotatable bonds is 8. The van der Waals surface area contributed by atoms with E-state index in [2.05, 4.69) is 43.9 Å². The van der Waals surface area contributed by atoms with E-state index >= 15 is 0 Å². The number of nitrogens with two attached hydrogens (primary N) is 1. The summed E-state index contributed by atoms with van der Waals surface area (Å²) in [5.74, 6) is 2.09. The lowest BCUT2D eigenvalue weighted by Gasteiger charge is -2.34. The molecule has 0 unspecified atom stereocenters. The molecule has 2 rings (SSSR count). The van der Waals surface area contributed by atoms with Crippen LogP contribution in [-0.4, -0.2) is 66.6 Å². The zero-order chi connectivity index (χ0) is 17.2. The lowest BCUT2D eigenvalue weighted by atomic mass is 10.1. The molecule has 2 heterocycles. The summed E-state index contributed by atoms with van der Waals surface area (Å²) in [4.78, 5) is 17.7. The molecule has 7 nitrogen and oxygen atoms in total. The van der Waals surface area contributed by atoms with Gasteiger partial charge in [0.1, 0.15) is 0 Å². The third kappa shape index (κ3) is 6.70. The van der Waals surface area contributed by atoms with E-state index in [9.17, 15) is 0 Å². The molecule has 1 fully saturated rings. The molecule has 0 bridgehead atoms. The Hall–Kier alpha value is -1.89. The molecule has 1 aliphatic rings. The van der Waals surface area contributed by atoms with Crippen LogP contribution in [0.2, 0.25) is 0 Å². The Balaban J connectivity index is 1.58.